The summed E-state index contributed by atoms with van der Waals surface area (Å²) in [6, 6.07) is 20.9. The van der Waals surface area contributed by atoms with E-state index in [1.54, 1.807) is 0 Å². The van der Waals surface area contributed by atoms with Gasteiger partial charge in [-0.15, -0.1) is 0 Å². The minimum atomic E-state index is 0.0642. The van der Waals surface area contributed by atoms with Crippen LogP contribution in [0.5, 0.6) is 0 Å². The number of rotatable bonds is 6. The van der Waals surface area contributed by atoms with Gasteiger partial charge in [0.05, 0.1) is 6.04 Å². The molecule has 0 unspecified atom stereocenters. The predicted octanol–water partition coefficient (Wildman–Crippen LogP) is 3.74. The molecule has 2 aromatic rings. The Bertz CT molecular complexity index is 641. The second kappa shape index (κ2) is 8.11. The minimum Gasteiger partial charge on any atom is -0.350 e. The Labute approximate surface area is 144 Å². The fraction of sp³-hybridized carbons (Fsp3) is 0.381. The number of amides is 1. The number of likely N-dealkylation sites (tertiary alicyclic amines) is 1. The largest absolute Gasteiger partial charge is 0.350 e. The molecule has 0 spiro atoms. The number of hydrogen-bond acceptors (Lipinski definition) is 2. The first-order valence-corrected chi connectivity index (χ1v) is 8.84. The van der Waals surface area contributed by atoms with E-state index in [2.05, 4.69) is 52.7 Å². The number of hydrogen-bond donors (Lipinski definition) is 1. The molecule has 0 bridgehead atoms. The van der Waals surface area contributed by atoms with Gasteiger partial charge in [0, 0.05) is 19.5 Å². The highest BCUT2D eigenvalue weighted by atomic mass is 16.1. The van der Waals surface area contributed by atoms with E-state index in [0.717, 1.165) is 25.2 Å². The van der Waals surface area contributed by atoms with Crippen LogP contribution in [0.2, 0.25) is 0 Å². The quantitative estimate of drug-likeness (QED) is 0.878. The Morgan fingerprint density at radius 3 is 2.50 bits per heavy atom. The monoisotopic (exact) mass is 322 g/mol. The zero-order valence-corrected chi connectivity index (χ0v) is 14.3. The molecule has 2 atom stereocenters. The Balaban J connectivity index is 1.42. The lowest BCUT2D eigenvalue weighted by Gasteiger charge is -2.18. The van der Waals surface area contributed by atoms with E-state index in [-0.39, 0.29) is 11.9 Å². The van der Waals surface area contributed by atoms with Crippen molar-refractivity contribution in [3.05, 3.63) is 71.8 Å². The molecule has 126 valence electrons. The lowest BCUT2D eigenvalue weighted by atomic mass is 9.99. The molecule has 1 N–H and O–H groups in total. The summed E-state index contributed by atoms with van der Waals surface area (Å²) >= 11 is 0. The zero-order valence-electron chi connectivity index (χ0n) is 14.3. The second-order valence-electron chi connectivity index (χ2n) is 6.65. The van der Waals surface area contributed by atoms with Crippen LogP contribution in [0.4, 0.5) is 0 Å². The summed E-state index contributed by atoms with van der Waals surface area (Å²) in [5, 5.41) is 3.10. The molecule has 3 nitrogen and oxygen atoms in total. The van der Waals surface area contributed by atoms with Crippen molar-refractivity contribution in [2.75, 3.05) is 19.6 Å². The topological polar surface area (TPSA) is 32.3 Å². The van der Waals surface area contributed by atoms with E-state index in [9.17, 15) is 4.79 Å². The van der Waals surface area contributed by atoms with Gasteiger partial charge in [0.25, 0.3) is 0 Å². The summed E-state index contributed by atoms with van der Waals surface area (Å²) in [5.41, 5.74) is 2.57. The van der Waals surface area contributed by atoms with E-state index in [1.165, 1.54) is 12.0 Å². The van der Waals surface area contributed by atoms with E-state index in [1.807, 2.05) is 25.1 Å². The van der Waals surface area contributed by atoms with Crippen LogP contribution in [0.3, 0.4) is 0 Å². The fourth-order valence-corrected chi connectivity index (χ4v) is 3.43. The molecule has 0 radical (unpaired) electrons. The summed E-state index contributed by atoms with van der Waals surface area (Å²) in [6.07, 6.45) is 1.75. The normalized spacial score (nSPS) is 19.1. The first-order chi connectivity index (χ1) is 11.7. The van der Waals surface area contributed by atoms with Crippen LogP contribution in [0.1, 0.15) is 42.9 Å². The average molecular weight is 322 g/mol. The maximum Gasteiger partial charge on any atom is 0.221 e. The highest BCUT2D eigenvalue weighted by molar-refractivity contribution is 5.76. The van der Waals surface area contributed by atoms with Crippen molar-refractivity contribution in [2.45, 2.75) is 31.7 Å². The van der Waals surface area contributed by atoms with Crippen LogP contribution >= 0.6 is 0 Å². The van der Waals surface area contributed by atoms with Gasteiger partial charge in [0.2, 0.25) is 5.91 Å². The summed E-state index contributed by atoms with van der Waals surface area (Å²) in [4.78, 5) is 14.6. The summed E-state index contributed by atoms with van der Waals surface area (Å²) in [6.45, 7) is 5.03. The van der Waals surface area contributed by atoms with E-state index in [0.29, 0.717) is 12.3 Å². The lowest BCUT2D eigenvalue weighted by molar-refractivity contribution is -0.122. The van der Waals surface area contributed by atoms with Crippen molar-refractivity contribution in [2.24, 2.45) is 0 Å². The number of nitrogens with zero attached hydrogens (tertiary/aromatic N) is 1. The third kappa shape index (κ3) is 4.45. The van der Waals surface area contributed by atoms with Gasteiger partial charge in [-0.05, 0) is 36.9 Å². The van der Waals surface area contributed by atoms with Crippen molar-refractivity contribution in [3.63, 3.8) is 0 Å². The van der Waals surface area contributed by atoms with Gasteiger partial charge < -0.3 is 10.2 Å². The molecule has 0 saturated carbocycles. The molecule has 1 fully saturated rings. The van der Waals surface area contributed by atoms with Gasteiger partial charge in [-0.2, -0.15) is 0 Å². The van der Waals surface area contributed by atoms with Gasteiger partial charge in [-0.25, -0.2) is 0 Å². The van der Waals surface area contributed by atoms with Crippen molar-refractivity contribution < 1.29 is 4.79 Å². The van der Waals surface area contributed by atoms with Crippen molar-refractivity contribution >= 4 is 5.91 Å². The Morgan fingerprint density at radius 2 is 1.79 bits per heavy atom. The first-order valence-electron chi connectivity index (χ1n) is 8.84. The van der Waals surface area contributed by atoms with Crippen molar-refractivity contribution in [3.8, 4) is 0 Å². The van der Waals surface area contributed by atoms with Gasteiger partial charge in [-0.3, -0.25) is 4.79 Å². The second-order valence-corrected chi connectivity index (χ2v) is 6.65. The van der Waals surface area contributed by atoms with Crippen molar-refractivity contribution in [1.29, 1.82) is 0 Å². The Morgan fingerprint density at radius 1 is 1.12 bits per heavy atom. The molecule has 0 aliphatic carbocycles. The molecule has 1 saturated heterocycles. The Kier molecular flexibility index (Phi) is 5.65. The molecule has 1 amide bonds. The van der Waals surface area contributed by atoms with Crippen LogP contribution in [-0.4, -0.2) is 30.4 Å². The highest BCUT2D eigenvalue weighted by Gasteiger charge is 2.23. The van der Waals surface area contributed by atoms with Crippen LogP contribution < -0.4 is 5.32 Å². The van der Waals surface area contributed by atoms with Gasteiger partial charge in [-0.1, -0.05) is 60.7 Å². The molecule has 1 aliphatic rings. The van der Waals surface area contributed by atoms with E-state index >= 15 is 0 Å². The number of carbonyl (C=O) groups excluding carboxylic acids is 1. The molecule has 3 rings (SSSR count). The molecule has 24 heavy (non-hydrogen) atoms. The van der Waals surface area contributed by atoms with Crippen LogP contribution in [0.25, 0.3) is 0 Å². The molecule has 2 aromatic carbocycles. The van der Waals surface area contributed by atoms with Gasteiger partial charge in [0.15, 0.2) is 0 Å². The molecule has 1 heterocycles. The number of nitrogens with one attached hydrogen (secondary N) is 1. The standard InChI is InChI=1S/C21H26N2O/c1-17(18-8-4-2-5-9-18)22-21(24)13-15-23-14-12-20(16-23)19-10-6-3-7-11-19/h2-11,17,20H,12-16H2,1H3,(H,22,24)/t17-,20-/m0/s1. The van der Waals surface area contributed by atoms with Crippen molar-refractivity contribution in [1.82, 2.24) is 10.2 Å². The predicted molar refractivity (Wildman–Crippen MR) is 97.9 cm³/mol. The summed E-state index contributed by atoms with van der Waals surface area (Å²) in [5.74, 6) is 0.743. The molecule has 3 heteroatoms. The highest BCUT2D eigenvalue weighted by Crippen LogP contribution is 2.26. The summed E-state index contributed by atoms with van der Waals surface area (Å²) in [7, 11) is 0. The smallest absolute Gasteiger partial charge is 0.221 e. The van der Waals surface area contributed by atoms with E-state index in [4.69, 9.17) is 0 Å². The SMILES string of the molecule is C[C@H](NC(=O)CCN1CC[C@H](c2ccccc2)C1)c1ccccc1. The van der Waals surface area contributed by atoms with Crippen LogP contribution in [0.15, 0.2) is 60.7 Å². The van der Waals surface area contributed by atoms with Gasteiger partial charge >= 0.3 is 0 Å². The number of carbonyl (C=O) groups is 1. The Hall–Kier alpha value is -2.13. The maximum absolute atomic E-state index is 12.2. The molecule has 0 aromatic heterocycles. The third-order valence-electron chi connectivity index (χ3n) is 4.88. The molecular formula is C21H26N2O. The zero-order chi connectivity index (χ0) is 16.8. The lowest BCUT2D eigenvalue weighted by Crippen LogP contribution is -2.31. The number of benzene rings is 2. The van der Waals surface area contributed by atoms with Gasteiger partial charge in [0.1, 0.15) is 0 Å². The van der Waals surface area contributed by atoms with E-state index < -0.39 is 0 Å². The molecular weight excluding hydrogens is 296 g/mol. The van der Waals surface area contributed by atoms with Crippen LogP contribution in [0, 0.1) is 0 Å². The summed E-state index contributed by atoms with van der Waals surface area (Å²) < 4.78 is 0. The molecule has 1 aliphatic heterocycles. The average Bonchev–Trinajstić information content (AvgIpc) is 3.10. The van der Waals surface area contributed by atoms with Crippen LogP contribution in [-0.2, 0) is 4.79 Å². The maximum atomic E-state index is 12.2. The fourth-order valence-electron chi connectivity index (χ4n) is 3.43. The first kappa shape index (κ1) is 16.7. The third-order valence-corrected chi connectivity index (χ3v) is 4.88. The minimum absolute atomic E-state index is 0.0642.